The summed E-state index contributed by atoms with van der Waals surface area (Å²) in [4.78, 5) is 0. The first-order valence-electron chi connectivity index (χ1n) is 18.3. The summed E-state index contributed by atoms with van der Waals surface area (Å²) in [5.41, 5.74) is 1.27. The van der Waals surface area contributed by atoms with E-state index in [4.69, 9.17) is 0 Å². The van der Waals surface area contributed by atoms with E-state index in [-0.39, 0.29) is 0 Å². The van der Waals surface area contributed by atoms with Gasteiger partial charge in [-0.05, 0) is 32.1 Å². The van der Waals surface area contributed by atoms with Crippen molar-refractivity contribution in [3.8, 4) is 0 Å². The average Bonchev–Trinajstić information content (AvgIpc) is 2.94. The molecule has 0 rings (SSSR count). The number of allylic oxidation sites excluding steroid dienone is 2. The van der Waals surface area contributed by atoms with Crippen molar-refractivity contribution in [2.24, 2.45) is 0 Å². The largest absolute Gasteiger partial charge is 0.389 e. The highest BCUT2D eigenvalue weighted by atomic mass is 14.9. The summed E-state index contributed by atoms with van der Waals surface area (Å²) in [6.07, 6.45) is 47.3. The topological polar surface area (TPSA) is 12.0 Å². The average molecular weight is 546 g/mol. The molecule has 0 fully saturated rings. The van der Waals surface area contributed by atoms with E-state index in [9.17, 15) is 0 Å². The van der Waals surface area contributed by atoms with Gasteiger partial charge in [0.1, 0.15) is 0 Å². The SMILES string of the molecule is C=CCCCCCCCCCCCCCCCCC(=C)NCCCCCCCCCCCCCCCCCC. The van der Waals surface area contributed by atoms with Gasteiger partial charge >= 0.3 is 0 Å². The molecule has 0 aliphatic rings. The first-order valence-corrected chi connectivity index (χ1v) is 18.3. The van der Waals surface area contributed by atoms with Crippen LogP contribution in [0.25, 0.3) is 0 Å². The molecule has 0 spiro atoms. The van der Waals surface area contributed by atoms with Gasteiger partial charge in [0.05, 0.1) is 0 Å². The highest BCUT2D eigenvalue weighted by Gasteiger charge is 1.98. The highest BCUT2D eigenvalue weighted by Crippen LogP contribution is 2.15. The van der Waals surface area contributed by atoms with Gasteiger partial charge in [-0.1, -0.05) is 193 Å². The van der Waals surface area contributed by atoms with E-state index in [0.29, 0.717) is 0 Å². The molecule has 0 aromatic heterocycles. The Balaban J connectivity index is 3.14. The molecule has 0 aliphatic heterocycles. The van der Waals surface area contributed by atoms with Gasteiger partial charge in [0.25, 0.3) is 0 Å². The van der Waals surface area contributed by atoms with Crippen LogP contribution in [0, 0.1) is 0 Å². The summed E-state index contributed by atoms with van der Waals surface area (Å²) >= 11 is 0. The number of unbranched alkanes of at least 4 members (excludes halogenated alkanes) is 29. The second-order valence-electron chi connectivity index (χ2n) is 12.6. The van der Waals surface area contributed by atoms with Crippen molar-refractivity contribution in [3.63, 3.8) is 0 Å². The van der Waals surface area contributed by atoms with E-state index >= 15 is 0 Å². The standard InChI is InChI=1S/C38H75N/c1-4-6-8-10-12-14-16-18-20-22-24-26-28-30-32-34-36-38(3)39-37-35-33-31-29-27-25-23-21-19-17-15-13-11-9-7-5-2/h4,39H,1,3,5-37H2,2H3. The Labute approximate surface area is 248 Å². The van der Waals surface area contributed by atoms with Crippen LogP contribution >= 0.6 is 0 Å². The summed E-state index contributed by atoms with van der Waals surface area (Å²) in [6.45, 7) is 11.5. The molecule has 0 saturated carbocycles. The van der Waals surface area contributed by atoms with Gasteiger partial charge in [-0.3, -0.25) is 0 Å². The van der Waals surface area contributed by atoms with Gasteiger partial charge < -0.3 is 5.32 Å². The lowest BCUT2D eigenvalue weighted by molar-refractivity contribution is 0.525. The summed E-state index contributed by atoms with van der Waals surface area (Å²) in [5, 5.41) is 3.59. The molecule has 0 aromatic carbocycles. The lowest BCUT2D eigenvalue weighted by Crippen LogP contribution is -2.13. The summed E-state index contributed by atoms with van der Waals surface area (Å²) in [6, 6.07) is 0. The van der Waals surface area contributed by atoms with Crippen LogP contribution in [0.3, 0.4) is 0 Å². The second kappa shape index (κ2) is 35.3. The molecule has 0 aromatic rings. The number of rotatable bonds is 35. The van der Waals surface area contributed by atoms with Gasteiger partial charge in [-0.2, -0.15) is 0 Å². The molecule has 1 heteroatoms. The lowest BCUT2D eigenvalue weighted by Gasteiger charge is -2.09. The van der Waals surface area contributed by atoms with Crippen LogP contribution in [0.4, 0.5) is 0 Å². The number of hydrogen-bond acceptors (Lipinski definition) is 1. The molecule has 0 unspecified atom stereocenters. The monoisotopic (exact) mass is 546 g/mol. The number of hydrogen-bond donors (Lipinski definition) is 1. The second-order valence-corrected chi connectivity index (χ2v) is 12.6. The quantitative estimate of drug-likeness (QED) is 0.0616. The van der Waals surface area contributed by atoms with E-state index < -0.39 is 0 Å². The number of nitrogens with one attached hydrogen (secondary N) is 1. The third kappa shape index (κ3) is 35.3. The molecule has 0 amide bonds. The molecule has 1 nitrogen and oxygen atoms in total. The zero-order valence-corrected chi connectivity index (χ0v) is 27.3. The Bertz CT molecular complexity index is 467. The molecule has 0 heterocycles. The van der Waals surface area contributed by atoms with Gasteiger partial charge in [-0.25, -0.2) is 0 Å². The summed E-state index contributed by atoms with van der Waals surface area (Å²) < 4.78 is 0. The molecule has 0 bridgehead atoms. The molecule has 0 radical (unpaired) electrons. The first-order chi connectivity index (χ1) is 19.3. The molecule has 0 aliphatic carbocycles. The van der Waals surface area contributed by atoms with Gasteiger partial charge in [0.2, 0.25) is 0 Å². The minimum atomic E-state index is 1.13. The van der Waals surface area contributed by atoms with Gasteiger partial charge in [0, 0.05) is 12.2 Å². The molecular weight excluding hydrogens is 470 g/mol. The Morgan fingerprint density at radius 2 is 0.744 bits per heavy atom. The van der Waals surface area contributed by atoms with Crippen molar-refractivity contribution in [1.82, 2.24) is 5.32 Å². The van der Waals surface area contributed by atoms with Gasteiger partial charge in [-0.15, -0.1) is 6.58 Å². The van der Waals surface area contributed by atoms with Crippen LogP contribution in [0.1, 0.15) is 212 Å². The van der Waals surface area contributed by atoms with Crippen LogP contribution in [-0.2, 0) is 0 Å². The van der Waals surface area contributed by atoms with Crippen LogP contribution in [0.15, 0.2) is 24.9 Å². The molecular formula is C38H75N. The van der Waals surface area contributed by atoms with Crippen LogP contribution in [0.5, 0.6) is 0 Å². The molecule has 0 atom stereocenters. The fraction of sp³-hybridized carbons (Fsp3) is 0.895. The Kier molecular flexibility index (Phi) is 34.7. The normalized spacial score (nSPS) is 11.2. The fourth-order valence-electron chi connectivity index (χ4n) is 5.78. The highest BCUT2D eigenvalue weighted by molar-refractivity contribution is 4.90. The Morgan fingerprint density at radius 3 is 1.10 bits per heavy atom. The van der Waals surface area contributed by atoms with Crippen molar-refractivity contribution in [2.75, 3.05) is 6.54 Å². The van der Waals surface area contributed by atoms with E-state index in [2.05, 4.69) is 31.5 Å². The zero-order valence-electron chi connectivity index (χ0n) is 27.3. The smallest absolute Gasteiger partial charge is 0.0143 e. The maximum absolute atomic E-state index is 4.26. The van der Waals surface area contributed by atoms with Crippen molar-refractivity contribution in [1.29, 1.82) is 0 Å². The summed E-state index contributed by atoms with van der Waals surface area (Å²) in [7, 11) is 0. The van der Waals surface area contributed by atoms with Crippen molar-refractivity contribution in [3.05, 3.63) is 24.9 Å². The first kappa shape index (κ1) is 38.3. The maximum atomic E-state index is 4.26. The lowest BCUT2D eigenvalue weighted by atomic mass is 10.0. The third-order valence-electron chi connectivity index (χ3n) is 8.54. The fourth-order valence-corrected chi connectivity index (χ4v) is 5.78. The molecule has 232 valence electrons. The van der Waals surface area contributed by atoms with E-state index in [1.165, 1.54) is 211 Å². The maximum Gasteiger partial charge on any atom is 0.0143 e. The van der Waals surface area contributed by atoms with E-state index in [1.807, 2.05) is 0 Å². The molecule has 0 saturated heterocycles. The molecule has 1 N–H and O–H groups in total. The van der Waals surface area contributed by atoms with Crippen LogP contribution in [-0.4, -0.2) is 6.54 Å². The van der Waals surface area contributed by atoms with E-state index in [0.717, 1.165) is 6.54 Å². The molecule has 39 heavy (non-hydrogen) atoms. The summed E-state index contributed by atoms with van der Waals surface area (Å²) in [5.74, 6) is 0. The van der Waals surface area contributed by atoms with Crippen molar-refractivity contribution < 1.29 is 0 Å². The minimum Gasteiger partial charge on any atom is -0.389 e. The van der Waals surface area contributed by atoms with E-state index in [1.54, 1.807) is 0 Å². The zero-order chi connectivity index (χ0) is 28.3. The third-order valence-corrected chi connectivity index (χ3v) is 8.54. The van der Waals surface area contributed by atoms with Crippen LogP contribution < -0.4 is 5.32 Å². The van der Waals surface area contributed by atoms with Crippen molar-refractivity contribution >= 4 is 0 Å². The Hall–Kier alpha value is -0.720. The van der Waals surface area contributed by atoms with Gasteiger partial charge in [0.15, 0.2) is 0 Å². The Morgan fingerprint density at radius 1 is 0.436 bits per heavy atom. The van der Waals surface area contributed by atoms with Crippen molar-refractivity contribution in [2.45, 2.75) is 212 Å². The predicted octanol–water partition coefficient (Wildman–Crippen LogP) is 13.8. The predicted molar refractivity (Wildman–Crippen MR) is 181 cm³/mol. The van der Waals surface area contributed by atoms with Crippen LogP contribution in [0.2, 0.25) is 0 Å². The minimum absolute atomic E-state index is 1.13.